The molecule has 0 fully saturated rings. The van der Waals surface area contributed by atoms with E-state index in [4.69, 9.17) is 23.2 Å². The van der Waals surface area contributed by atoms with Crippen LogP contribution in [0, 0.1) is 6.92 Å². The van der Waals surface area contributed by atoms with Gasteiger partial charge in [-0.25, -0.2) is 0 Å². The van der Waals surface area contributed by atoms with Gasteiger partial charge in [-0.1, -0.05) is 33.9 Å². The second kappa shape index (κ2) is 7.44. The number of aromatic nitrogens is 1. The number of benzene rings is 1. The number of hydrogen-bond donors (Lipinski definition) is 1. The fraction of sp³-hybridized carbons (Fsp3) is 0.294. The first kappa shape index (κ1) is 19.0. The van der Waals surface area contributed by atoms with Crippen molar-refractivity contribution in [1.82, 2.24) is 14.9 Å². The average molecular weight is 411 g/mol. The smallest absolute Gasteiger partial charge is 0.320 e. The van der Waals surface area contributed by atoms with Crippen LogP contribution < -0.4 is 9.91 Å². The summed E-state index contributed by atoms with van der Waals surface area (Å²) in [5, 5.41) is 13.0. The number of hydrogen-bond acceptors (Lipinski definition) is 5. The van der Waals surface area contributed by atoms with Crippen LogP contribution in [-0.4, -0.2) is 17.4 Å². The Morgan fingerprint density at radius 3 is 2.65 bits per heavy atom. The zero-order valence-electron chi connectivity index (χ0n) is 14.6. The second-order valence-corrected chi connectivity index (χ2v) is 7.71. The summed E-state index contributed by atoms with van der Waals surface area (Å²) in [5.41, 5.74) is 2.53. The lowest BCUT2D eigenvalue weighted by Gasteiger charge is -2.24. The van der Waals surface area contributed by atoms with Gasteiger partial charge < -0.3 is 5.32 Å². The molecule has 1 unspecified atom stereocenters. The predicted octanol–water partition coefficient (Wildman–Crippen LogP) is 5.26. The molecule has 0 saturated carbocycles. The summed E-state index contributed by atoms with van der Waals surface area (Å²) < 4.78 is 0.0862. The largest absolute Gasteiger partial charge is 0.352 e. The predicted molar refractivity (Wildman–Crippen MR) is 105 cm³/mol. The number of nitrogens with one attached hydrogen (secondary N) is 1. The number of nitrogens with zero attached hydrogens (tertiary/aromatic N) is 4. The standard InChI is InChI=1S/C17H17Cl2N5OS/c1-4-20-16(25)15-11(3)22-17(26-15)24(10(2)8-21-23-24)9-12-5-6-13(18)14(19)7-12/h5-8H,4,9H2,1-3H3/p+1. The van der Waals surface area contributed by atoms with Crippen LogP contribution in [-0.2, 0) is 6.54 Å². The van der Waals surface area contributed by atoms with Gasteiger partial charge in [0.25, 0.3) is 5.91 Å². The minimum Gasteiger partial charge on any atom is -0.352 e. The maximum atomic E-state index is 12.3. The molecule has 3 rings (SSSR count). The number of aryl methyl sites for hydroxylation is 1. The zero-order valence-corrected chi connectivity index (χ0v) is 16.9. The van der Waals surface area contributed by atoms with Crippen molar-refractivity contribution in [2.75, 3.05) is 6.54 Å². The molecule has 1 aromatic heterocycles. The SMILES string of the molecule is CCNC(=O)c1sc([N+]2(Cc3ccc(Cl)c(Cl)c3)N=NC=C2C)nc1C. The first-order valence-corrected chi connectivity index (χ1v) is 9.62. The first-order chi connectivity index (χ1) is 12.4. The van der Waals surface area contributed by atoms with Crippen molar-refractivity contribution < 1.29 is 4.79 Å². The molecule has 9 heteroatoms. The molecule has 0 saturated heterocycles. The van der Waals surface area contributed by atoms with Crippen molar-refractivity contribution in [3.05, 3.63) is 56.3 Å². The van der Waals surface area contributed by atoms with E-state index in [-0.39, 0.29) is 10.5 Å². The van der Waals surface area contributed by atoms with Gasteiger partial charge in [-0.15, -0.1) is 5.11 Å². The van der Waals surface area contributed by atoms with Crippen molar-refractivity contribution >= 4 is 45.6 Å². The van der Waals surface area contributed by atoms with Crippen LogP contribution in [0.3, 0.4) is 0 Å². The maximum Gasteiger partial charge on any atom is 0.320 e. The van der Waals surface area contributed by atoms with Crippen LogP contribution in [0.4, 0.5) is 5.13 Å². The number of rotatable bonds is 5. The fourth-order valence-corrected chi connectivity index (χ4v) is 4.11. The van der Waals surface area contributed by atoms with Crippen molar-refractivity contribution in [3.8, 4) is 0 Å². The highest BCUT2D eigenvalue weighted by molar-refractivity contribution is 7.17. The molecule has 1 aliphatic heterocycles. The number of allylic oxidation sites excluding steroid dienone is 1. The van der Waals surface area contributed by atoms with Crippen LogP contribution in [0.1, 0.15) is 34.8 Å². The Morgan fingerprint density at radius 1 is 1.27 bits per heavy atom. The van der Waals surface area contributed by atoms with E-state index in [1.165, 1.54) is 11.3 Å². The highest BCUT2D eigenvalue weighted by Crippen LogP contribution is 2.40. The quantitative estimate of drug-likeness (QED) is 0.683. The Balaban J connectivity index is 2.03. The molecule has 1 N–H and O–H groups in total. The van der Waals surface area contributed by atoms with Crippen LogP contribution in [0.5, 0.6) is 0 Å². The molecular formula is C17H18Cl2N5OS+. The van der Waals surface area contributed by atoms with Crippen molar-refractivity contribution in [2.45, 2.75) is 27.3 Å². The van der Waals surface area contributed by atoms with E-state index in [0.717, 1.165) is 11.3 Å². The molecule has 1 aromatic carbocycles. The summed E-state index contributed by atoms with van der Waals surface area (Å²) in [6, 6.07) is 5.48. The Kier molecular flexibility index (Phi) is 5.43. The number of thiazole rings is 1. The van der Waals surface area contributed by atoms with Crippen molar-refractivity contribution in [2.24, 2.45) is 10.3 Å². The molecule has 2 heterocycles. The molecule has 1 aliphatic rings. The number of amides is 1. The Morgan fingerprint density at radius 2 is 2.04 bits per heavy atom. The highest BCUT2D eigenvalue weighted by atomic mass is 35.5. The summed E-state index contributed by atoms with van der Waals surface area (Å²) in [6.45, 7) is 6.69. The van der Waals surface area contributed by atoms with Gasteiger partial charge in [0.15, 0.2) is 5.70 Å². The summed E-state index contributed by atoms with van der Waals surface area (Å²) in [7, 11) is 0. The van der Waals surface area contributed by atoms with E-state index in [9.17, 15) is 4.79 Å². The van der Waals surface area contributed by atoms with Gasteiger partial charge in [0, 0.05) is 24.3 Å². The van der Waals surface area contributed by atoms with Gasteiger partial charge in [0.2, 0.25) is 0 Å². The Labute approximate surface area is 165 Å². The van der Waals surface area contributed by atoms with Crippen molar-refractivity contribution in [1.29, 1.82) is 0 Å². The van der Waals surface area contributed by atoms with Gasteiger partial charge in [0.05, 0.1) is 15.7 Å². The van der Waals surface area contributed by atoms with Gasteiger partial charge in [-0.2, -0.15) is 4.98 Å². The fourth-order valence-electron chi connectivity index (χ4n) is 2.67. The summed E-state index contributed by atoms with van der Waals surface area (Å²) >= 11 is 13.5. The van der Waals surface area contributed by atoms with E-state index < -0.39 is 0 Å². The molecule has 6 nitrogen and oxygen atoms in total. The van der Waals surface area contributed by atoms with Gasteiger partial charge in [-0.3, -0.25) is 4.79 Å². The van der Waals surface area contributed by atoms with Gasteiger partial charge >= 0.3 is 5.13 Å². The monoisotopic (exact) mass is 410 g/mol. The maximum absolute atomic E-state index is 12.3. The van der Waals surface area contributed by atoms with E-state index in [0.29, 0.717) is 38.8 Å². The summed E-state index contributed by atoms with van der Waals surface area (Å²) in [6.07, 6.45) is 1.71. The van der Waals surface area contributed by atoms with E-state index in [2.05, 4.69) is 20.6 Å². The topological polar surface area (TPSA) is 66.7 Å². The lowest BCUT2D eigenvalue weighted by molar-refractivity contribution is 0.0959. The van der Waals surface area contributed by atoms with Gasteiger partial charge in [-0.05, 0) is 37.3 Å². The van der Waals surface area contributed by atoms with Crippen LogP contribution in [0.15, 0.2) is 40.4 Å². The average Bonchev–Trinajstić information content (AvgIpc) is 3.15. The normalized spacial score (nSPS) is 18.9. The molecule has 1 atom stereocenters. The van der Waals surface area contributed by atoms with E-state index in [1.807, 2.05) is 32.9 Å². The van der Waals surface area contributed by atoms with Crippen LogP contribution in [0.2, 0.25) is 10.0 Å². The molecule has 0 radical (unpaired) electrons. The number of carbonyl (C=O) groups excluding carboxylic acids is 1. The lowest BCUT2D eigenvalue weighted by atomic mass is 10.2. The van der Waals surface area contributed by atoms with Crippen molar-refractivity contribution in [3.63, 3.8) is 0 Å². The molecule has 136 valence electrons. The third-order valence-corrected chi connectivity index (χ3v) is 6.07. The minimum atomic E-state index is -0.126. The highest BCUT2D eigenvalue weighted by Gasteiger charge is 2.42. The first-order valence-electron chi connectivity index (χ1n) is 8.05. The van der Waals surface area contributed by atoms with Crippen LogP contribution in [0.25, 0.3) is 0 Å². The number of quaternary nitrogens is 1. The second-order valence-electron chi connectivity index (χ2n) is 5.92. The van der Waals surface area contributed by atoms with Gasteiger partial charge in [0.1, 0.15) is 17.6 Å². The van der Waals surface area contributed by atoms with E-state index >= 15 is 0 Å². The molecule has 0 bridgehead atoms. The third-order valence-electron chi connectivity index (χ3n) is 4.07. The molecule has 0 spiro atoms. The van der Waals surface area contributed by atoms with Crippen LogP contribution >= 0.6 is 34.5 Å². The summed E-state index contributed by atoms with van der Waals surface area (Å²) in [4.78, 5) is 17.5. The molecule has 2 aromatic rings. The molecule has 1 amide bonds. The van der Waals surface area contributed by atoms with E-state index in [1.54, 1.807) is 12.3 Å². The Hall–Kier alpha value is -1.80. The molecule has 26 heavy (non-hydrogen) atoms. The third kappa shape index (κ3) is 3.40. The molecule has 0 aliphatic carbocycles. The Bertz CT molecular complexity index is 924. The zero-order chi connectivity index (χ0) is 18.9. The number of halogens is 2. The minimum absolute atomic E-state index is 0.0862. The lowest BCUT2D eigenvalue weighted by Crippen LogP contribution is -2.39. The number of carbonyl (C=O) groups is 1. The molecular weight excluding hydrogens is 393 g/mol. The summed E-state index contributed by atoms with van der Waals surface area (Å²) in [5.74, 6) is -0.126.